The van der Waals surface area contributed by atoms with Gasteiger partial charge < -0.3 is 9.88 Å². The first-order chi connectivity index (χ1) is 14.1. The van der Waals surface area contributed by atoms with Crippen molar-refractivity contribution >= 4 is 27.7 Å². The molecule has 5 rings (SSSR count). The molecular formula is C23H22N4O2. The Labute approximate surface area is 167 Å². The van der Waals surface area contributed by atoms with Gasteiger partial charge in [0, 0.05) is 23.3 Å². The first-order valence-electron chi connectivity index (χ1n) is 9.94. The fourth-order valence-electron chi connectivity index (χ4n) is 4.49. The molecule has 1 aliphatic rings. The molecule has 2 heterocycles. The van der Waals surface area contributed by atoms with Gasteiger partial charge in [-0.25, -0.2) is 4.68 Å². The molecule has 0 aliphatic heterocycles. The molecule has 1 unspecified atom stereocenters. The Balaban J connectivity index is 1.53. The predicted octanol–water partition coefficient (Wildman–Crippen LogP) is 3.08. The highest BCUT2D eigenvalue weighted by molar-refractivity contribution is 6.07. The summed E-state index contributed by atoms with van der Waals surface area (Å²) in [5.74, 6) is -0.0896. The number of hydrogen-bond acceptors (Lipinski definition) is 3. The van der Waals surface area contributed by atoms with Crippen LogP contribution in [0.2, 0.25) is 0 Å². The van der Waals surface area contributed by atoms with E-state index in [0.717, 1.165) is 35.6 Å². The van der Waals surface area contributed by atoms with Crippen molar-refractivity contribution in [2.45, 2.75) is 31.8 Å². The first kappa shape index (κ1) is 17.7. The van der Waals surface area contributed by atoms with E-state index in [4.69, 9.17) is 0 Å². The fourth-order valence-corrected chi connectivity index (χ4v) is 4.49. The van der Waals surface area contributed by atoms with E-state index in [1.165, 1.54) is 15.8 Å². The number of para-hydroxylation sites is 1. The quantitative estimate of drug-likeness (QED) is 0.588. The normalized spacial score (nSPS) is 16.1. The lowest BCUT2D eigenvalue weighted by Gasteiger charge is -2.26. The molecule has 29 heavy (non-hydrogen) atoms. The average molecular weight is 386 g/mol. The zero-order valence-corrected chi connectivity index (χ0v) is 16.3. The highest BCUT2D eigenvalue weighted by Gasteiger charge is 2.23. The molecule has 0 saturated carbocycles. The molecule has 0 spiro atoms. The average Bonchev–Trinajstić information content (AvgIpc) is 3.05. The molecule has 1 aliphatic carbocycles. The molecule has 0 bridgehead atoms. The molecule has 1 atom stereocenters. The standard InChI is InChI=1S/C23H22N4O2/c1-26-23(29)22-18(13-24-26)17-10-4-5-12-20(17)27(22)14-21(28)25-19-11-6-8-15-7-2-3-9-16(15)19/h2-5,7,9-10,12-13,19H,6,8,11,14H2,1H3,(H,25,28). The molecule has 1 amide bonds. The van der Waals surface area contributed by atoms with Gasteiger partial charge in [0.1, 0.15) is 12.1 Å². The van der Waals surface area contributed by atoms with Crippen LogP contribution in [0, 0.1) is 0 Å². The number of benzene rings is 2. The molecule has 0 saturated heterocycles. The van der Waals surface area contributed by atoms with Crippen molar-refractivity contribution in [3.8, 4) is 0 Å². The van der Waals surface area contributed by atoms with E-state index < -0.39 is 0 Å². The molecule has 2 aromatic heterocycles. The first-order valence-corrected chi connectivity index (χ1v) is 9.94. The minimum absolute atomic E-state index is 0.0186. The van der Waals surface area contributed by atoms with Gasteiger partial charge in [0.2, 0.25) is 5.91 Å². The summed E-state index contributed by atoms with van der Waals surface area (Å²) < 4.78 is 3.13. The van der Waals surface area contributed by atoms with E-state index in [-0.39, 0.29) is 24.1 Å². The van der Waals surface area contributed by atoms with Crippen LogP contribution in [0.3, 0.4) is 0 Å². The van der Waals surface area contributed by atoms with Crippen LogP contribution in [-0.4, -0.2) is 20.3 Å². The highest BCUT2D eigenvalue weighted by atomic mass is 16.2. The maximum atomic E-state index is 13.0. The van der Waals surface area contributed by atoms with E-state index in [2.05, 4.69) is 22.5 Å². The predicted molar refractivity (Wildman–Crippen MR) is 113 cm³/mol. The molecule has 146 valence electrons. The summed E-state index contributed by atoms with van der Waals surface area (Å²) in [6, 6.07) is 16.1. The molecule has 0 fully saturated rings. The second kappa shape index (κ2) is 6.88. The Morgan fingerprint density at radius 1 is 1.14 bits per heavy atom. The number of hydrogen-bond donors (Lipinski definition) is 1. The minimum Gasteiger partial charge on any atom is -0.348 e. The van der Waals surface area contributed by atoms with Crippen LogP contribution in [0.5, 0.6) is 0 Å². The summed E-state index contributed by atoms with van der Waals surface area (Å²) in [7, 11) is 1.63. The third-order valence-corrected chi connectivity index (χ3v) is 5.87. The number of aromatic nitrogens is 3. The van der Waals surface area contributed by atoms with E-state index in [9.17, 15) is 9.59 Å². The van der Waals surface area contributed by atoms with E-state index >= 15 is 0 Å². The van der Waals surface area contributed by atoms with Crippen LogP contribution in [0.4, 0.5) is 0 Å². The number of amides is 1. The summed E-state index contributed by atoms with van der Waals surface area (Å²) in [6.07, 6.45) is 4.74. The summed E-state index contributed by atoms with van der Waals surface area (Å²) in [5.41, 5.74) is 3.69. The van der Waals surface area contributed by atoms with Crippen LogP contribution in [0.25, 0.3) is 21.8 Å². The van der Waals surface area contributed by atoms with Gasteiger partial charge >= 0.3 is 0 Å². The lowest BCUT2D eigenvalue weighted by atomic mass is 9.88. The maximum absolute atomic E-state index is 13.0. The topological polar surface area (TPSA) is 68.9 Å². The van der Waals surface area contributed by atoms with Crippen LogP contribution in [0.1, 0.15) is 30.0 Å². The number of fused-ring (bicyclic) bond motifs is 4. The fraction of sp³-hybridized carbons (Fsp3) is 0.261. The Hall–Kier alpha value is -3.41. The largest absolute Gasteiger partial charge is 0.348 e. The van der Waals surface area contributed by atoms with Crippen LogP contribution in [0.15, 0.2) is 59.5 Å². The van der Waals surface area contributed by atoms with Gasteiger partial charge in [0.25, 0.3) is 5.56 Å². The molecule has 0 radical (unpaired) electrons. The van der Waals surface area contributed by atoms with Crippen LogP contribution >= 0.6 is 0 Å². The van der Waals surface area contributed by atoms with Gasteiger partial charge in [0.15, 0.2) is 0 Å². The van der Waals surface area contributed by atoms with Gasteiger partial charge in [-0.15, -0.1) is 0 Å². The lowest BCUT2D eigenvalue weighted by Crippen LogP contribution is -2.34. The van der Waals surface area contributed by atoms with Gasteiger partial charge in [-0.05, 0) is 36.5 Å². The molecule has 2 aromatic carbocycles. The Morgan fingerprint density at radius 3 is 2.83 bits per heavy atom. The number of rotatable bonds is 3. The van der Waals surface area contributed by atoms with E-state index in [1.54, 1.807) is 13.2 Å². The monoisotopic (exact) mass is 386 g/mol. The summed E-state index contributed by atoms with van der Waals surface area (Å²) in [5, 5.41) is 9.06. The van der Waals surface area contributed by atoms with Gasteiger partial charge in [-0.1, -0.05) is 42.5 Å². The Kier molecular flexibility index (Phi) is 4.19. The zero-order valence-electron chi connectivity index (χ0n) is 16.3. The smallest absolute Gasteiger partial charge is 0.291 e. The Bertz CT molecular complexity index is 1300. The molecular weight excluding hydrogens is 364 g/mol. The van der Waals surface area contributed by atoms with E-state index in [1.807, 2.05) is 41.0 Å². The summed E-state index contributed by atoms with van der Waals surface area (Å²) in [6.45, 7) is 0.0991. The van der Waals surface area contributed by atoms with E-state index in [0.29, 0.717) is 5.52 Å². The summed E-state index contributed by atoms with van der Waals surface area (Å²) in [4.78, 5) is 25.8. The highest BCUT2D eigenvalue weighted by Crippen LogP contribution is 2.30. The molecule has 4 aromatic rings. The Morgan fingerprint density at radius 2 is 1.93 bits per heavy atom. The number of nitrogens with one attached hydrogen (secondary N) is 1. The minimum atomic E-state index is -0.200. The van der Waals surface area contributed by atoms with Crippen molar-refractivity contribution in [2.75, 3.05) is 0 Å². The van der Waals surface area contributed by atoms with Crippen LogP contribution < -0.4 is 10.9 Å². The van der Waals surface area contributed by atoms with Crippen molar-refractivity contribution in [2.24, 2.45) is 7.05 Å². The van der Waals surface area contributed by atoms with Crippen molar-refractivity contribution in [3.63, 3.8) is 0 Å². The van der Waals surface area contributed by atoms with Crippen molar-refractivity contribution in [3.05, 3.63) is 76.2 Å². The second-order valence-electron chi connectivity index (χ2n) is 7.65. The lowest BCUT2D eigenvalue weighted by molar-refractivity contribution is -0.122. The third-order valence-electron chi connectivity index (χ3n) is 5.87. The third kappa shape index (κ3) is 2.92. The number of aryl methyl sites for hydroxylation is 2. The van der Waals surface area contributed by atoms with Gasteiger partial charge in [-0.2, -0.15) is 5.10 Å². The number of carbonyl (C=O) groups excluding carboxylic acids is 1. The second-order valence-corrected chi connectivity index (χ2v) is 7.65. The maximum Gasteiger partial charge on any atom is 0.291 e. The number of carbonyl (C=O) groups is 1. The van der Waals surface area contributed by atoms with Gasteiger partial charge in [0.05, 0.1) is 12.2 Å². The van der Waals surface area contributed by atoms with Gasteiger partial charge in [-0.3, -0.25) is 9.59 Å². The van der Waals surface area contributed by atoms with Crippen molar-refractivity contribution < 1.29 is 4.79 Å². The van der Waals surface area contributed by atoms with Crippen LogP contribution in [-0.2, 0) is 24.8 Å². The number of nitrogens with zero attached hydrogens (tertiary/aromatic N) is 3. The molecule has 6 heteroatoms. The summed E-state index contributed by atoms with van der Waals surface area (Å²) >= 11 is 0. The van der Waals surface area contributed by atoms with Crippen molar-refractivity contribution in [1.29, 1.82) is 0 Å². The molecule has 1 N–H and O–H groups in total. The SMILES string of the molecule is Cn1ncc2c3ccccc3n(CC(=O)NC3CCCc4ccccc43)c2c1=O. The van der Waals surface area contributed by atoms with Crippen molar-refractivity contribution in [1.82, 2.24) is 19.7 Å². The molecule has 6 nitrogen and oxygen atoms in total. The zero-order chi connectivity index (χ0) is 20.0.